The molecule has 3 nitrogen and oxygen atoms in total. The van der Waals surface area contributed by atoms with Gasteiger partial charge in [-0.15, -0.1) is 0 Å². The third-order valence-corrected chi connectivity index (χ3v) is 3.51. The first kappa shape index (κ1) is 12.1. The van der Waals surface area contributed by atoms with Crippen molar-refractivity contribution in [1.29, 1.82) is 0 Å². The predicted molar refractivity (Wildman–Crippen MR) is 66.3 cm³/mol. The molecule has 1 fully saturated rings. The maximum absolute atomic E-state index is 11.6. The van der Waals surface area contributed by atoms with Crippen molar-refractivity contribution >= 4 is 5.97 Å². The molecular formula is C14H19NO2. The van der Waals surface area contributed by atoms with Crippen LogP contribution in [0.15, 0.2) is 30.3 Å². The second-order valence-corrected chi connectivity index (χ2v) is 4.58. The first-order chi connectivity index (χ1) is 8.19. The van der Waals surface area contributed by atoms with E-state index in [4.69, 9.17) is 10.5 Å². The molecule has 0 radical (unpaired) electrons. The van der Waals surface area contributed by atoms with Gasteiger partial charge in [0.2, 0.25) is 0 Å². The normalized spacial score (nSPS) is 28.0. The van der Waals surface area contributed by atoms with Crippen molar-refractivity contribution in [3.63, 3.8) is 0 Å². The Morgan fingerprint density at radius 3 is 2.71 bits per heavy atom. The molecule has 92 valence electrons. The molecule has 1 unspecified atom stereocenters. The molecule has 0 amide bonds. The monoisotopic (exact) mass is 233 g/mol. The summed E-state index contributed by atoms with van der Waals surface area (Å²) in [5, 5.41) is 0. The molecule has 1 aliphatic rings. The van der Waals surface area contributed by atoms with Gasteiger partial charge in [0.05, 0.1) is 0 Å². The molecule has 1 aliphatic carbocycles. The van der Waals surface area contributed by atoms with Gasteiger partial charge in [-0.2, -0.15) is 0 Å². The smallest absolute Gasteiger partial charge is 0.306 e. The molecule has 0 aromatic heterocycles. The molecule has 0 bridgehead atoms. The van der Waals surface area contributed by atoms with Crippen LogP contribution in [0.2, 0.25) is 0 Å². The van der Waals surface area contributed by atoms with Gasteiger partial charge in [-0.25, -0.2) is 0 Å². The van der Waals surface area contributed by atoms with E-state index in [1.54, 1.807) is 0 Å². The summed E-state index contributed by atoms with van der Waals surface area (Å²) in [5.41, 5.74) is 6.59. The lowest BCUT2D eigenvalue weighted by atomic mass is 9.88. The summed E-state index contributed by atoms with van der Waals surface area (Å²) in [7, 11) is 0. The Bertz CT molecular complexity index is 390. The quantitative estimate of drug-likeness (QED) is 0.815. The van der Waals surface area contributed by atoms with Gasteiger partial charge in [-0.1, -0.05) is 37.3 Å². The Morgan fingerprint density at radius 1 is 1.47 bits per heavy atom. The number of esters is 1. The molecule has 17 heavy (non-hydrogen) atoms. The maximum Gasteiger partial charge on any atom is 0.306 e. The molecular weight excluding hydrogens is 214 g/mol. The average molecular weight is 233 g/mol. The predicted octanol–water partition coefficient (Wildman–Crippen LogP) is 2.35. The van der Waals surface area contributed by atoms with Gasteiger partial charge >= 0.3 is 5.97 Å². The molecule has 1 saturated carbocycles. The zero-order valence-corrected chi connectivity index (χ0v) is 10.2. The summed E-state index contributed by atoms with van der Waals surface area (Å²) < 4.78 is 5.68. The Labute approximate surface area is 102 Å². The lowest BCUT2D eigenvalue weighted by molar-refractivity contribution is -0.161. The van der Waals surface area contributed by atoms with E-state index in [0.717, 1.165) is 24.8 Å². The Morgan fingerprint density at radius 2 is 2.18 bits per heavy atom. The SMILES string of the molecule is CCC(=O)OC1(c2ccccc2)CCC[C@H]1N. The average Bonchev–Trinajstić information content (AvgIpc) is 2.73. The molecule has 1 aromatic carbocycles. The number of carbonyl (C=O) groups excluding carboxylic acids is 1. The molecule has 1 aromatic rings. The second kappa shape index (κ2) is 4.88. The zero-order valence-electron chi connectivity index (χ0n) is 10.2. The van der Waals surface area contributed by atoms with E-state index in [1.165, 1.54) is 0 Å². The van der Waals surface area contributed by atoms with Gasteiger partial charge in [-0.3, -0.25) is 4.79 Å². The highest BCUT2D eigenvalue weighted by molar-refractivity contribution is 5.70. The summed E-state index contributed by atoms with van der Waals surface area (Å²) in [4.78, 5) is 11.6. The fraction of sp³-hybridized carbons (Fsp3) is 0.500. The number of rotatable bonds is 3. The molecule has 2 N–H and O–H groups in total. The van der Waals surface area contributed by atoms with E-state index < -0.39 is 5.60 Å². The molecule has 2 atom stereocenters. The lowest BCUT2D eigenvalue weighted by Crippen LogP contribution is -2.44. The zero-order chi connectivity index (χ0) is 12.3. The van der Waals surface area contributed by atoms with Crippen LogP contribution in [0.3, 0.4) is 0 Å². The number of hydrogen-bond acceptors (Lipinski definition) is 3. The third-order valence-electron chi connectivity index (χ3n) is 3.51. The fourth-order valence-electron chi connectivity index (χ4n) is 2.54. The Balaban J connectivity index is 2.34. The number of hydrogen-bond donors (Lipinski definition) is 1. The van der Waals surface area contributed by atoms with Gasteiger partial charge in [-0.05, 0) is 24.8 Å². The molecule has 0 aliphatic heterocycles. The van der Waals surface area contributed by atoms with Gasteiger partial charge in [0, 0.05) is 12.5 Å². The van der Waals surface area contributed by atoms with Crippen LogP contribution in [0.1, 0.15) is 38.2 Å². The number of nitrogens with two attached hydrogens (primary N) is 1. The van der Waals surface area contributed by atoms with E-state index in [0.29, 0.717) is 6.42 Å². The summed E-state index contributed by atoms with van der Waals surface area (Å²) in [6.45, 7) is 1.81. The Hall–Kier alpha value is -1.35. The second-order valence-electron chi connectivity index (χ2n) is 4.58. The standard InChI is InChI=1S/C14H19NO2/c1-2-13(16)17-14(10-6-9-12(14)15)11-7-4-3-5-8-11/h3-5,7-8,12H,2,6,9-10,15H2,1H3/t12-,14?/m1/s1. The topological polar surface area (TPSA) is 52.3 Å². The van der Waals surface area contributed by atoms with Crippen molar-refractivity contribution in [1.82, 2.24) is 0 Å². The molecule has 2 rings (SSSR count). The number of ether oxygens (including phenoxy) is 1. The third kappa shape index (κ3) is 2.20. The van der Waals surface area contributed by atoms with Crippen molar-refractivity contribution in [3.8, 4) is 0 Å². The summed E-state index contributed by atoms with van der Waals surface area (Å²) >= 11 is 0. The van der Waals surface area contributed by atoms with E-state index in [-0.39, 0.29) is 12.0 Å². The molecule has 0 heterocycles. The lowest BCUT2D eigenvalue weighted by Gasteiger charge is -2.33. The first-order valence-electron chi connectivity index (χ1n) is 6.22. The first-order valence-corrected chi connectivity index (χ1v) is 6.22. The van der Waals surface area contributed by atoms with Gasteiger partial charge in [0.15, 0.2) is 5.60 Å². The van der Waals surface area contributed by atoms with Crippen LogP contribution in [0.25, 0.3) is 0 Å². The van der Waals surface area contributed by atoms with Gasteiger partial charge in [0.25, 0.3) is 0 Å². The van der Waals surface area contributed by atoms with Gasteiger partial charge in [0.1, 0.15) is 0 Å². The highest BCUT2D eigenvalue weighted by Crippen LogP contribution is 2.41. The van der Waals surface area contributed by atoms with E-state index >= 15 is 0 Å². The minimum atomic E-state index is -0.603. The number of carbonyl (C=O) groups is 1. The number of benzene rings is 1. The van der Waals surface area contributed by atoms with E-state index in [1.807, 2.05) is 37.3 Å². The van der Waals surface area contributed by atoms with Crippen molar-refractivity contribution in [2.75, 3.05) is 0 Å². The van der Waals surface area contributed by atoms with Crippen LogP contribution in [-0.4, -0.2) is 12.0 Å². The largest absolute Gasteiger partial charge is 0.452 e. The minimum Gasteiger partial charge on any atom is -0.452 e. The van der Waals surface area contributed by atoms with Crippen LogP contribution in [-0.2, 0) is 15.1 Å². The summed E-state index contributed by atoms with van der Waals surface area (Å²) in [6.07, 6.45) is 3.13. The van der Waals surface area contributed by atoms with Crippen LogP contribution in [0.5, 0.6) is 0 Å². The van der Waals surface area contributed by atoms with Crippen molar-refractivity contribution in [2.24, 2.45) is 5.73 Å². The van der Waals surface area contributed by atoms with Crippen LogP contribution in [0, 0.1) is 0 Å². The minimum absolute atomic E-state index is 0.0969. The van der Waals surface area contributed by atoms with Gasteiger partial charge < -0.3 is 10.5 Å². The molecule has 0 saturated heterocycles. The molecule has 0 spiro atoms. The van der Waals surface area contributed by atoms with Crippen LogP contribution >= 0.6 is 0 Å². The van der Waals surface area contributed by atoms with E-state index in [2.05, 4.69) is 0 Å². The summed E-state index contributed by atoms with van der Waals surface area (Å²) in [6, 6.07) is 9.77. The van der Waals surface area contributed by atoms with Crippen molar-refractivity contribution < 1.29 is 9.53 Å². The maximum atomic E-state index is 11.6. The van der Waals surface area contributed by atoms with Crippen LogP contribution in [0.4, 0.5) is 0 Å². The van der Waals surface area contributed by atoms with Crippen molar-refractivity contribution in [2.45, 2.75) is 44.2 Å². The van der Waals surface area contributed by atoms with E-state index in [9.17, 15) is 4.79 Å². The molecule has 3 heteroatoms. The van der Waals surface area contributed by atoms with Crippen molar-refractivity contribution in [3.05, 3.63) is 35.9 Å². The highest BCUT2D eigenvalue weighted by atomic mass is 16.6. The fourth-order valence-corrected chi connectivity index (χ4v) is 2.54. The van der Waals surface area contributed by atoms with Crippen LogP contribution < -0.4 is 5.73 Å². The summed E-state index contributed by atoms with van der Waals surface area (Å²) in [5.74, 6) is -0.175. The Kier molecular flexibility index (Phi) is 3.48. The highest BCUT2D eigenvalue weighted by Gasteiger charge is 2.45.